The lowest BCUT2D eigenvalue weighted by molar-refractivity contribution is -0.123. The van der Waals surface area contributed by atoms with Gasteiger partial charge in [-0.3, -0.25) is 14.4 Å². The third-order valence-electron chi connectivity index (χ3n) is 3.48. The number of rotatable bonds is 5. The van der Waals surface area contributed by atoms with E-state index in [1.54, 1.807) is 24.3 Å². The van der Waals surface area contributed by atoms with Crippen LogP contribution in [0.1, 0.15) is 24.5 Å². The number of carbonyl (C=O) groups is 3. The average Bonchev–Trinajstić information content (AvgIpc) is 2.52. The van der Waals surface area contributed by atoms with Crippen LogP contribution >= 0.6 is 0 Å². The van der Waals surface area contributed by atoms with E-state index in [2.05, 4.69) is 16.0 Å². The van der Waals surface area contributed by atoms with Crippen molar-refractivity contribution in [1.82, 2.24) is 0 Å². The molecule has 0 aromatic heterocycles. The molecule has 0 saturated carbocycles. The summed E-state index contributed by atoms with van der Waals surface area (Å²) in [5.74, 6) is -0.948. The normalized spacial score (nSPS) is 10.0. The standard InChI is InChI=1S/C19H21N3O3/c1-12-4-5-13(2)17(10-12)22-19(25)11-18(24)21-16-8-6-15(7-9-16)20-14(3)23/h4-10H,11H2,1-3H3,(H,20,23)(H,21,24)(H,22,25). The van der Waals surface area contributed by atoms with E-state index in [-0.39, 0.29) is 18.2 Å². The highest BCUT2D eigenvalue weighted by molar-refractivity contribution is 6.08. The number of carbonyl (C=O) groups excluding carboxylic acids is 3. The minimum absolute atomic E-state index is 0.167. The molecular weight excluding hydrogens is 318 g/mol. The molecule has 6 heteroatoms. The molecular formula is C19H21N3O3. The van der Waals surface area contributed by atoms with E-state index in [4.69, 9.17) is 0 Å². The van der Waals surface area contributed by atoms with E-state index in [1.807, 2.05) is 32.0 Å². The Hall–Kier alpha value is -3.15. The van der Waals surface area contributed by atoms with Crippen LogP contribution < -0.4 is 16.0 Å². The SMILES string of the molecule is CC(=O)Nc1ccc(NC(=O)CC(=O)Nc2cc(C)ccc2C)cc1. The van der Waals surface area contributed by atoms with Gasteiger partial charge in [0.25, 0.3) is 0 Å². The third kappa shape index (κ3) is 5.76. The summed E-state index contributed by atoms with van der Waals surface area (Å²) < 4.78 is 0. The summed E-state index contributed by atoms with van der Waals surface area (Å²) in [7, 11) is 0. The fourth-order valence-corrected chi connectivity index (χ4v) is 2.26. The first-order valence-corrected chi connectivity index (χ1v) is 7.88. The Labute approximate surface area is 146 Å². The van der Waals surface area contributed by atoms with Gasteiger partial charge in [-0.15, -0.1) is 0 Å². The molecule has 130 valence electrons. The average molecular weight is 339 g/mol. The number of benzene rings is 2. The molecule has 0 heterocycles. The zero-order valence-electron chi connectivity index (χ0n) is 14.5. The monoisotopic (exact) mass is 339 g/mol. The fourth-order valence-electron chi connectivity index (χ4n) is 2.26. The van der Waals surface area contributed by atoms with Gasteiger partial charge < -0.3 is 16.0 Å². The number of amides is 3. The number of anilines is 3. The molecule has 0 bridgehead atoms. The lowest BCUT2D eigenvalue weighted by atomic mass is 10.1. The molecule has 0 spiro atoms. The second-order valence-corrected chi connectivity index (χ2v) is 5.85. The van der Waals surface area contributed by atoms with Gasteiger partial charge in [0.1, 0.15) is 6.42 Å². The van der Waals surface area contributed by atoms with Crippen LogP contribution in [0.2, 0.25) is 0 Å². The smallest absolute Gasteiger partial charge is 0.233 e. The summed E-state index contributed by atoms with van der Waals surface area (Å²) in [5, 5.41) is 8.04. The van der Waals surface area contributed by atoms with Gasteiger partial charge in [-0.25, -0.2) is 0 Å². The summed E-state index contributed by atoms with van der Waals surface area (Å²) >= 11 is 0. The summed E-state index contributed by atoms with van der Waals surface area (Å²) in [6.45, 7) is 5.25. The first-order valence-electron chi connectivity index (χ1n) is 7.88. The topological polar surface area (TPSA) is 87.3 Å². The molecule has 0 atom stereocenters. The maximum absolute atomic E-state index is 12.0. The van der Waals surface area contributed by atoms with Crippen LogP contribution in [-0.4, -0.2) is 17.7 Å². The van der Waals surface area contributed by atoms with Crippen molar-refractivity contribution in [3.63, 3.8) is 0 Å². The molecule has 0 aliphatic heterocycles. The van der Waals surface area contributed by atoms with Crippen molar-refractivity contribution < 1.29 is 14.4 Å². The summed E-state index contributed by atoms with van der Waals surface area (Å²) in [5.41, 5.74) is 3.87. The lowest BCUT2D eigenvalue weighted by Crippen LogP contribution is -2.21. The first-order chi connectivity index (χ1) is 11.8. The number of hydrogen-bond acceptors (Lipinski definition) is 3. The zero-order valence-corrected chi connectivity index (χ0v) is 14.5. The maximum Gasteiger partial charge on any atom is 0.233 e. The van der Waals surface area contributed by atoms with Gasteiger partial charge in [0.15, 0.2) is 0 Å². The molecule has 0 aliphatic carbocycles. The van der Waals surface area contributed by atoms with E-state index in [9.17, 15) is 14.4 Å². The van der Waals surface area contributed by atoms with Gasteiger partial charge in [0, 0.05) is 24.0 Å². The third-order valence-corrected chi connectivity index (χ3v) is 3.48. The van der Waals surface area contributed by atoms with E-state index < -0.39 is 5.91 Å². The van der Waals surface area contributed by atoms with Gasteiger partial charge >= 0.3 is 0 Å². The Morgan fingerprint density at radius 3 is 1.96 bits per heavy atom. The van der Waals surface area contributed by atoms with Crippen molar-refractivity contribution in [2.75, 3.05) is 16.0 Å². The molecule has 2 aromatic carbocycles. The van der Waals surface area contributed by atoms with Crippen molar-refractivity contribution >= 4 is 34.8 Å². The Balaban J connectivity index is 1.90. The van der Waals surface area contributed by atoms with Gasteiger partial charge in [0.05, 0.1) is 0 Å². The van der Waals surface area contributed by atoms with Crippen molar-refractivity contribution in [3.05, 3.63) is 53.6 Å². The molecule has 2 aromatic rings. The minimum Gasteiger partial charge on any atom is -0.326 e. The Kier molecular flexibility index (Phi) is 5.89. The van der Waals surface area contributed by atoms with Crippen molar-refractivity contribution in [2.45, 2.75) is 27.2 Å². The molecule has 0 unspecified atom stereocenters. The molecule has 0 fully saturated rings. The fraction of sp³-hybridized carbons (Fsp3) is 0.211. The van der Waals surface area contributed by atoms with Crippen LogP contribution in [0.15, 0.2) is 42.5 Å². The summed E-state index contributed by atoms with van der Waals surface area (Å²) in [6.07, 6.45) is -0.277. The molecule has 3 amide bonds. The highest BCUT2D eigenvalue weighted by atomic mass is 16.2. The van der Waals surface area contributed by atoms with Crippen LogP contribution in [0.25, 0.3) is 0 Å². The number of hydrogen-bond donors (Lipinski definition) is 3. The molecule has 3 N–H and O–H groups in total. The first kappa shape index (κ1) is 18.2. The molecule has 2 rings (SSSR count). The predicted molar refractivity (Wildman–Crippen MR) is 98.5 cm³/mol. The summed E-state index contributed by atoms with van der Waals surface area (Å²) in [4.78, 5) is 35.0. The second-order valence-electron chi connectivity index (χ2n) is 5.85. The second kappa shape index (κ2) is 8.10. The largest absolute Gasteiger partial charge is 0.326 e. The van der Waals surface area contributed by atoms with Crippen LogP contribution in [0.4, 0.5) is 17.1 Å². The van der Waals surface area contributed by atoms with Gasteiger partial charge in [-0.05, 0) is 55.3 Å². The van der Waals surface area contributed by atoms with Gasteiger partial charge in [0.2, 0.25) is 17.7 Å². The molecule has 25 heavy (non-hydrogen) atoms. The van der Waals surface area contributed by atoms with E-state index in [0.717, 1.165) is 11.1 Å². The number of aryl methyl sites for hydroxylation is 2. The zero-order chi connectivity index (χ0) is 18.4. The molecule has 6 nitrogen and oxygen atoms in total. The Morgan fingerprint density at radius 1 is 0.800 bits per heavy atom. The van der Waals surface area contributed by atoms with Crippen LogP contribution in [0.5, 0.6) is 0 Å². The van der Waals surface area contributed by atoms with Crippen molar-refractivity contribution in [2.24, 2.45) is 0 Å². The molecule has 0 aliphatic rings. The van der Waals surface area contributed by atoms with Crippen LogP contribution in [0.3, 0.4) is 0 Å². The maximum atomic E-state index is 12.0. The molecule has 0 saturated heterocycles. The van der Waals surface area contributed by atoms with Crippen molar-refractivity contribution in [1.29, 1.82) is 0 Å². The van der Waals surface area contributed by atoms with Crippen molar-refractivity contribution in [3.8, 4) is 0 Å². The quantitative estimate of drug-likeness (QED) is 0.731. The van der Waals surface area contributed by atoms with E-state index in [0.29, 0.717) is 17.1 Å². The highest BCUT2D eigenvalue weighted by Crippen LogP contribution is 2.17. The Morgan fingerprint density at radius 2 is 1.36 bits per heavy atom. The Bertz CT molecular complexity index is 798. The summed E-state index contributed by atoms with van der Waals surface area (Å²) in [6, 6.07) is 12.4. The molecule has 0 radical (unpaired) electrons. The highest BCUT2D eigenvalue weighted by Gasteiger charge is 2.11. The van der Waals surface area contributed by atoms with Gasteiger partial charge in [-0.1, -0.05) is 12.1 Å². The van der Waals surface area contributed by atoms with Crippen LogP contribution in [-0.2, 0) is 14.4 Å². The van der Waals surface area contributed by atoms with Gasteiger partial charge in [-0.2, -0.15) is 0 Å². The van der Waals surface area contributed by atoms with E-state index in [1.165, 1.54) is 6.92 Å². The number of nitrogens with one attached hydrogen (secondary N) is 3. The lowest BCUT2D eigenvalue weighted by Gasteiger charge is -2.10. The minimum atomic E-state index is -0.407. The van der Waals surface area contributed by atoms with E-state index >= 15 is 0 Å². The van der Waals surface area contributed by atoms with Crippen LogP contribution in [0, 0.1) is 13.8 Å². The predicted octanol–water partition coefficient (Wildman–Crippen LogP) is 3.23.